The molecule has 0 atom stereocenters. The SMILES string of the molecule is COc1ccc(C(=O)NCC2(O)Cc3ccccc3C2)c(OC)c1. The van der Waals surface area contributed by atoms with E-state index in [9.17, 15) is 9.90 Å². The molecule has 0 heterocycles. The predicted molar refractivity (Wildman–Crippen MR) is 90.7 cm³/mol. The van der Waals surface area contributed by atoms with Gasteiger partial charge in [0, 0.05) is 25.5 Å². The van der Waals surface area contributed by atoms with Gasteiger partial charge in [0.1, 0.15) is 11.5 Å². The van der Waals surface area contributed by atoms with E-state index in [0.29, 0.717) is 29.9 Å². The Bertz CT molecular complexity index is 732. The summed E-state index contributed by atoms with van der Waals surface area (Å²) in [6, 6.07) is 13.0. The maximum absolute atomic E-state index is 12.5. The summed E-state index contributed by atoms with van der Waals surface area (Å²) in [5, 5.41) is 13.6. The monoisotopic (exact) mass is 327 g/mol. The second kappa shape index (κ2) is 6.53. The lowest BCUT2D eigenvalue weighted by Crippen LogP contribution is -2.43. The Morgan fingerprint density at radius 2 is 1.79 bits per heavy atom. The average molecular weight is 327 g/mol. The van der Waals surface area contributed by atoms with Crippen LogP contribution in [0.15, 0.2) is 42.5 Å². The van der Waals surface area contributed by atoms with Crippen molar-refractivity contribution in [3.8, 4) is 11.5 Å². The number of aliphatic hydroxyl groups is 1. The smallest absolute Gasteiger partial charge is 0.255 e. The van der Waals surface area contributed by atoms with Crippen molar-refractivity contribution < 1.29 is 19.4 Å². The lowest BCUT2D eigenvalue weighted by molar-refractivity contribution is 0.0479. The lowest BCUT2D eigenvalue weighted by atomic mass is 10.0. The van der Waals surface area contributed by atoms with E-state index >= 15 is 0 Å². The van der Waals surface area contributed by atoms with E-state index in [1.807, 2.05) is 24.3 Å². The van der Waals surface area contributed by atoms with Crippen LogP contribution in [0.4, 0.5) is 0 Å². The van der Waals surface area contributed by atoms with Crippen LogP contribution in [0.1, 0.15) is 21.5 Å². The normalized spacial score (nSPS) is 14.8. The number of amides is 1. The molecule has 2 aromatic carbocycles. The van der Waals surface area contributed by atoms with Crippen LogP contribution in [0.25, 0.3) is 0 Å². The van der Waals surface area contributed by atoms with Gasteiger partial charge < -0.3 is 19.9 Å². The Morgan fingerprint density at radius 1 is 1.12 bits per heavy atom. The van der Waals surface area contributed by atoms with Gasteiger partial charge in [-0.3, -0.25) is 4.79 Å². The Kier molecular flexibility index (Phi) is 4.44. The van der Waals surface area contributed by atoms with Gasteiger partial charge in [-0.05, 0) is 23.3 Å². The van der Waals surface area contributed by atoms with Crippen LogP contribution in [-0.4, -0.2) is 37.4 Å². The van der Waals surface area contributed by atoms with Gasteiger partial charge in [-0.2, -0.15) is 0 Å². The molecule has 2 aromatic rings. The summed E-state index contributed by atoms with van der Waals surface area (Å²) < 4.78 is 10.4. The maximum Gasteiger partial charge on any atom is 0.255 e. The van der Waals surface area contributed by atoms with Gasteiger partial charge in [-0.15, -0.1) is 0 Å². The van der Waals surface area contributed by atoms with Gasteiger partial charge in [0.25, 0.3) is 5.91 Å². The topological polar surface area (TPSA) is 67.8 Å². The fraction of sp³-hybridized carbons (Fsp3) is 0.316. The summed E-state index contributed by atoms with van der Waals surface area (Å²) in [6.07, 6.45) is 1.09. The number of fused-ring (bicyclic) bond motifs is 1. The molecule has 0 spiro atoms. The van der Waals surface area contributed by atoms with Crippen LogP contribution in [0.5, 0.6) is 11.5 Å². The van der Waals surface area contributed by atoms with Crippen molar-refractivity contribution in [2.45, 2.75) is 18.4 Å². The Morgan fingerprint density at radius 3 is 2.38 bits per heavy atom. The maximum atomic E-state index is 12.5. The summed E-state index contributed by atoms with van der Waals surface area (Å²) in [5.41, 5.74) is 1.74. The van der Waals surface area contributed by atoms with E-state index in [4.69, 9.17) is 9.47 Å². The minimum atomic E-state index is -0.945. The number of nitrogens with one attached hydrogen (secondary N) is 1. The highest BCUT2D eigenvalue weighted by molar-refractivity contribution is 5.97. The van der Waals surface area contributed by atoms with Gasteiger partial charge in [0.05, 0.1) is 25.4 Å². The first-order valence-electron chi connectivity index (χ1n) is 7.84. The molecule has 3 rings (SSSR count). The lowest BCUT2D eigenvalue weighted by Gasteiger charge is -2.23. The van der Waals surface area contributed by atoms with Gasteiger partial charge in [0.2, 0.25) is 0 Å². The van der Waals surface area contributed by atoms with Crippen molar-refractivity contribution in [2.24, 2.45) is 0 Å². The third-order valence-corrected chi connectivity index (χ3v) is 4.39. The molecule has 0 unspecified atom stereocenters. The number of rotatable bonds is 5. The Balaban J connectivity index is 1.68. The molecule has 0 saturated heterocycles. The van der Waals surface area contributed by atoms with Gasteiger partial charge in [0.15, 0.2) is 0 Å². The van der Waals surface area contributed by atoms with Crippen LogP contribution in [0.2, 0.25) is 0 Å². The van der Waals surface area contributed by atoms with Crippen LogP contribution in [0.3, 0.4) is 0 Å². The molecule has 5 heteroatoms. The fourth-order valence-corrected chi connectivity index (χ4v) is 3.13. The van der Waals surface area contributed by atoms with E-state index < -0.39 is 5.60 Å². The summed E-state index contributed by atoms with van der Waals surface area (Å²) in [6.45, 7) is 0.190. The van der Waals surface area contributed by atoms with Crippen molar-refractivity contribution >= 4 is 5.91 Å². The van der Waals surface area contributed by atoms with Crippen molar-refractivity contribution in [1.29, 1.82) is 0 Å². The van der Waals surface area contributed by atoms with Crippen LogP contribution in [0, 0.1) is 0 Å². The zero-order valence-electron chi connectivity index (χ0n) is 13.8. The van der Waals surface area contributed by atoms with Crippen LogP contribution in [-0.2, 0) is 12.8 Å². The van der Waals surface area contributed by atoms with Crippen LogP contribution < -0.4 is 14.8 Å². The summed E-state index contributed by atoms with van der Waals surface area (Å²) in [7, 11) is 3.06. The molecule has 5 nitrogen and oxygen atoms in total. The highest BCUT2D eigenvalue weighted by Crippen LogP contribution is 2.30. The molecule has 1 aliphatic carbocycles. The van der Waals surface area contributed by atoms with E-state index in [2.05, 4.69) is 5.32 Å². The van der Waals surface area contributed by atoms with E-state index in [-0.39, 0.29) is 12.5 Å². The molecule has 0 saturated carbocycles. The van der Waals surface area contributed by atoms with Crippen LogP contribution >= 0.6 is 0 Å². The third-order valence-electron chi connectivity index (χ3n) is 4.39. The van der Waals surface area contributed by atoms with Crippen molar-refractivity contribution in [2.75, 3.05) is 20.8 Å². The average Bonchev–Trinajstić information content (AvgIpc) is 2.95. The van der Waals surface area contributed by atoms with E-state index in [1.165, 1.54) is 7.11 Å². The standard InChI is InChI=1S/C19H21NO4/c1-23-15-7-8-16(17(9-15)24-2)18(21)20-12-19(22)10-13-5-3-4-6-14(13)11-19/h3-9,22H,10-12H2,1-2H3,(H,20,21). The number of hydrogen-bond acceptors (Lipinski definition) is 4. The molecule has 0 aliphatic heterocycles. The molecule has 1 amide bonds. The number of methoxy groups -OCH3 is 2. The van der Waals surface area contributed by atoms with Gasteiger partial charge in [-0.25, -0.2) is 0 Å². The number of carbonyl (C=O) groups is 1. The molecule has 0 bridgehead atoms. The first-order valence-corrected chi connectivity index (χ1v) is 7.84. The summed E-state index contributed by atoms with van der Waals surface area (Å²) >= 11 is 0. The molecule has 24 heavy (non-hydrogen) atoms. The number of hydrogen-bond donors (Lipinski definition) is 2. The van der Waals surface area contributed by atoms with E-state index in [0.717, 1.165) is 11.1 Å². The third kappa shape index (κ3) is 3.21. The highest BCUT2D eigenvalue weighted by Gasteiger charge is 2.35. The first-order chi connectivity index (χ1) is 11.5. The minimum Gasteiger partial charge on any atom is -0.497 e. The molecular weight excluding hydrogens is 306 g/mol. The largest absolute Gasteiger partial charge is 0.497 e. The van der Waals surface area contributed by atoms with Gasteiger partial charge in [-0.1, -0.05) is 24.3 Å². The molecule has 126 valence electrons. The Labute approximate surface area is 141 Å². The minimum absolute atomic E-state index is 0.190. The zero-order valence-corrected chi connectivity index (χ0v) is 13.8. The molecule has 0 aromatic heterocycles. The first kappa shape index (κ1) is 16.3. The molecule has 2 N–H and O–H groups in total. The van der Waals surface area contributed by atoms with Crippen molar-refractivity contribution in [3.63, 3.8) is 0 Å². The highest BCUT2D eigenvalue weighted by atomic mass is 16.5. The fourth-order valence-electron chi connectivity index (χ4n) is 3.13. The number of benzene rings is 2. The van der Waals surface area contributed by atoms with Crippen molar-refractivity contribution in [1.82, 2.24) is 5.32 Å². The predicted octanol–water partition coefficient (Wildman–Crippen LogP) is 1.96. The molecular formula is C19H21NO4. The molecule has 0 radical (unpaired) electrons. The zero-order chi connectivity index (χ0) is 17.2. The summed E-state index contributed by atoms with van der Waals surface area (Å²) in [4.78, 5) is 12.5. The second-order valence-corrected chi connectivity index (χ2v) is 6.10. The second-order valence-electron chi connectivity index (χ2n) is 6.10. The number of ether oxygens (including phenoxy) is 2. The van der Waals surface area contributed by atoms with Crippen molar-refractivity contribution in [3.05, 3.63) is 59.2 Å². The number of carbonyl (C=O) groups excluding carboxylic acids is 1. The van der Waals surface area contributed by atoms with E-state index in [1.54, 1.807) is 25.3 Å². The van der Waals surface area contributed by atoms with Gasteiger partial charge >= 0.3 is 0 Å². The quantitative estimate of drug-likeness (QED) is 0.881. The molecule has 1 aliphatic rings. The molecule has 0 fully saturated rings. The summed E-state index contributed by atoms with van der Waals surface area (Å²) in [5.74, 6) is 0.778. The Hall–Kier alpha value is -2.53.